The summed E-state index contributed by atoms with van der Waals surface area (Å²) in [5.74, 6) is -1.07. The van der Waals surface area contributed by atoms with Crippen LogP contribution in [0.2, 0.25) is 0 Å². The van der Waals surface area contributed by atoms with Crippen molar-refractivity contribution in [2.75, 3.05) is 10.6 Å². The minimum Gasteiger partial charge on any atom is -0.434 e. The van der Waals surface area contributed by atoms with E-state index in [0.717, 1.165) is 18.9 Å². The topological polar surface area (TPSA) is 125 Å². The van der Waals surface area contributed by atoms with Crippen molar-refractivity contribution in [1.82, 2.24) is 24.0 Å². The van der Waals surface area contributed by atoms with E-state index in [1.807, 2.05) is 6.07 Å². The van der Waals surface area contributed by atoms with Crippen LogP contribution in [0.3, 0.4) is 0 Å². The number of nitrogens with one attached hydrogen (secondary N) is 2. The molecule has 11 nitrogen and oxygen atoms in total. The van der Waals surface area contributed by atoms with Crippen LogP contribution in [0, 0.1) is 18.7 Å². The average Bonchev–Trinajstić information content (AvgIpc) is 3.67. The van der Waals surface area contributed by atoms with Crippen LogP contribution >= 0.6 is 0 Å². The minimum absolute atomic E-state index is 0.0390. The third-order valence-electron chi connectivity index (χ3n) is 6.68. The lowest BCUT2D eigenvalue weighted by atomic mass is 10.2. The zero-order chi connectivity index (χ0) is 28.0. The largest absolute Gasteiger partial charge is 0.434 e. The highest BCUT2D eigenvalue weighted by molar-refractivity contribution is 6.05. The molecule has 0 saturated heterocycles. The number of nitrogens with zero attached hydrogens (tertiary/aromatic N) is 5. The number of aromatic nitrogens is 5. The Bertz CT molecular complexity index is 1840. The molecule has 0 radical (unpaired) electrons. The van der Waals surface area contributed by atoms with Gasteiger partial charge in [0.1, 0.15) is 5.56 Å². The van der Waals surface area contributed by atoms with Crippen molar-refractivity contribution in [3.8, 4) is 17.3 Å². The van der Waals surface area contributed by atoms with Gasteiger partial charge in [0.05, 0.1) is 17.6 Å². The second kappa shape index (κ2) is 9.80. The number of carbonyl (C=O) groups is 2. The summed E-state index contributed by atoms with van der Waals surface area (Å²) < 4.78 is 25.0. The molecule has 0 unspecified atom stereocenters. The van der Waals surface area contributed by atoms with Crippen LogP contribution in [-0.2, 0) is 11.8 Å². The van der Waals surface area contributed by atoms with Crippen LogP contribution in [0.15, 0.2) is 71.7 Å². The van der Waals surface area contributed by atoms with E-state index >= 15 is 0 Å². The Morgan fingerprint density at radius 2 is 1.82 bits per heavy atom. The molecule has 0 spiro atoms. The number of para-hydroxylation sites is 1. The zero-order valence-corrected chi connectivity index (χ0v) is 21.6. The quantitative estimate of drug-likeness (QED) is 0.320. The highest BCUT2D eigenvalue weighted by Crippen LogP contribution is 2.30. The van der Waals surface area contributed by atoms with Gasteiger partial charge < -0.3 is 15.4 Å². The second-order valence-corrected chi connectivity index (χ2v) is 9.50. The second-order valence-electron chi connectivity index (χ2n) is 9.50. The van der Waals surface area contributed by atoms with E-state index in [9.17, 15) is 18.8 Å². The van der Waals surface area contributed by atoms with Crippen molar-refractivity contribution in [2.24, 2.45) is 13.0 Å². The van der Waals surface area contributed by atoms with Crippen molar-refractivity contribution in [3.63, 3.8) is 0 Å². The van der Waals surface area contributed by atoms with Gasteiger partial charge in [0.15, 0.2) is 23.0 Å². The summed E-state index contributed by atoms with van der Waals surface area (Å²) >= 11 is 0. The fraction of sp³-hybridized carbons (Fsp3) is 0.179. The first-order valence-corrected chi connectivity index (χ1v) is 12.6. The molecule has 12 heteroatoms. The number of fused-ring (bicyclic) bond motifs is 1. The summed E-state index contributed by atoms with van der Waals surface area (Å²) in [6.07, 6.45) is 3.31. The number of hydrogen-bond donors (Lipinski definition) is 2. The molecule has 1 aliphatic carbocycles. The van der Waals surface area contributed by atoms with Crippen molar-refractivity contribution >= 4 is 29.0 Å². The fourth-order valence-electron chi connectivity index (χ4n) is 4.35. The maximum Gasteiger partial charge on any atom is 0.284 e. The van der Waals surface area contributed by atoms with Gasteiger partial charge in [-0.2, -0.15) is 0 Å². The molecule has 1 saturated carbocycles. The molecule has 2 aromatic carbocycles. The molecule has 3 aromatic heterocycles. The summed E-state index contributed by atoms with van der Waals surface area (Å²) in [6.45, 7) is 1.67. The van der Waals surface area contributed by atoms with E-state index in [1.54, 1.807) is 55.2 Å². The summed E-state index contributed by atoms with van der Waals surface area (Å²) in [4.78, 5) is 42.4. The van der Waals surface area contributed by atoms with Crippen LogP contribution in [0.1, 0.15) is 28.9 Å². The molecule has 0 atom stereocenters. The molecule has 2 amide bonds. The number of hydrogen-bond acceptors (Lipinski definition) is 6. The summed E-state index contributed by atoms with van der Waals surface area (Å²) in [6, 6.07) is 16.0. The van der Waals surface area contributed by atoms with Crippen molar-refractivity contribution in [1.29, 1.82) is 0 Å². The fourth-order valence-corrected chi connectivity index (χ4v) is 4.35. The molecule has 6 rings (SSSR count). The molecule has 5 aromatic rings. The molecule has 202 valence electrons. The van der Waals surface area contributed by atoms with Crippen LogP contribution in [0.25, 0.3) is 11.3 Å². The predicted molar refractivity (Wildman–Crippen MR) is 145 cm³/mol. The molecule has 40 heavy (non-hydrogen) atoms. The molecule has 1 aliphatic rings. The van der Waals surface area contributed by atoms with E-state index in [4.69, 9.17) is 4.74 Å². The number of anilines is 2. The van der Waals surface area contributed by atoms with Gasteiger partial charge in [0.2, 0.25) is 11.8 Å². The van der Waals surface area contributed by atoms with Crippen molar-refractivity contribution < 1.29 is 18.7 Å². The number of rotatable bonds is 7. The van der Waals surface area contributed by atoms with Crippen LogP contribution < -0.4 is 20.9 Å². The smallest absolute Gasteiger partial charge is 0.284 e. The van der Waals surface area contributed by atoms with E-state index in [1.165, 1.54) is 27.4 Å². The van der Waals surface area contributed by atoms with Gasteiger partial charge >= 0.3 is 0 Å². The zero-order valence-electron chi connectivity index (χ0n) is 21.6. The molecular weight excluding hydrogens is 517 g/mol. The number of imidazole rings is 1. The Morgan fingerprint density at radius 3 is 2.55 bits per heavy atom. The Labute approximate surface area is 226 Å². The van der Waals surface area contributed by atoms with Crippen LogP contribution in [0.4, 0.5) is 15.9 Å². The normalized spacial score (nSPS) is 12.9. The number of amides is 2. The lowest BCUT2D eigenvalue weighted by molar-refractivity contribution is -0.117. The van der Waals surface area contributed by atoms with Gasteiger partial charge in [-0.3, -0.25) is 19.1 Å². The predicted octanol–water partition coefficient (Wildman–Crippen LogP) is 4.06. The summed E-state index contributed by atoms with van der Waals surface area (Å²) in [5, 5.41) is 9.62. The Hall–Kier alpha value is -5.26. The summed E-state index contributed by atoms with van der Waals surface area (Å²) in [7, 11) is 1.69. The van der Waals surface area contributed by atoms with Gasteiger partial charge in [-0.1, -0.05) is 18.2 Å². The van der Waals surface area contributed by atoms with E-state index in [0.29, 0.717) is 22.8 Å². The van der Waals surface area contributed by atoms with Crippen molar-refractivity contribution in [2.45, 2.75) is 19.8 Å². The van der Waals surface area contributed by atoms with Gasteiger partial charge in [-0.25, -0.2) is 18.6 Å². The Morgan fingerprint density at radius 1 is 1.05 bits per heavy atom. The number of ether oxygens (including phenoxy) is 1. The van der Waals surface area contributed by atoms with Crippen LogP contribution in [-0.4, -0.2) is 35.8 Å². The van der Waals surface area contributed by atoms with E-state index in [2.05, 4.69) is 20.7 Å². The van der Waals surface area contributed by atoms with Gasteiger partial charge in [0, 0.05) is 30.8 Å². The molecule has 2 N–H and O–H groups in total. The standard InChI is InChI=1S/C28H24FN7O4/c1-16-25(28(39)36(34(16)2)19-6-4-3-5-7-19)27(38)30-18-10-11-21(20(29)14-18)40-24-13-12-23-31-22(15-35(23)33-24)32-26(37)17-8-9-17/h3-7,10-15,17H,8-9H2,1-2H3,(H,30,38)(H,32,37). The Balaban J connectivity index is 1.18. The first-order valence-electron chi connectivity index (χ1n) is 12.6. The lowest BCUT2D eigenvalue weighted by Crippen LogP contribution is -2.25. The average molecular weight is 542 g/mol. The maximum absolute atomic E-state index is 14.9. The highest BCUT2D eigenvalue weighted by Gasteiger charge is 2.30. The summed E-state index contributed by atoms with van der Waals surface area (Å²) in [5.41, 5.74) is 1.18. The molecular formula is C28H24FN7O4. The molecule has 0 aliphatic heterocycles. The Kier molecular flexibility index (Phi) is 6.14. The first kappa shape index (κ1) is 25.0. The highest BCUT2D eigenvalue weighted by atomic mass is 19.1. The van der Waals surface area contributed by atoms with E-state index in [-0.39, 0.29) is 34.7 Å². The monoisotopic (exact) mass is 541 g/mol. The molecule has 0 bridgehead atoms. The minimum atomic E-state index is -0.741. The molecule has 3 heterocycles. The number of carbonyl (C=O) groups excluding carboxylic acids is 2. The SMILES string of the molecule is Cc1c(C(=O)Nc2ccc(Oc3ccc4nc(NC(=O)C5CC5)cn4n3)c(F)c2)c(=O)n(-c2ccccc2)n1C. The third-order valence-corrected chi connectivity index (χ3v) is 6.68. The van der Waals surface area contributed by atoms with Gasteiger partial charge in [0.25, 0.3) is 11.5 Å². The first-order chi connectivity index (χ1) is 19.3. The third kappa shape index (κ3) is 4.70. The van der Waals surface area contributed by atoms with Crippen LogP contribution in [0.5, 0.6) is 11.6 Å². The number of halogens is 1. The lowest BCUT2D eigenvalue weighted by Gasteiger charge is -2.09. The molecule has 1 fully saturated rings. The van der Waals surface area contributed by atoms with Gasteiger partial charge in [-0.15, -0.1) is 5.10 Å². The number of benzene rings is 2. The van der Waals surface area contributed by atoms with Crippen molar-refractivity contribution in [3.05, 3.63) is 94.3 Å². The van der Waals surface area contributed by atoms with E-state index < -0.39 is 17.3 Å². The van der Waals surface area contributed by atoms with Gasteiger partial charge in [-0.05, 0) is 50.1 Å². The maximum atomic E-state index is 14.9.